The third-order valence-electron chi connectivity index (χ3n) is 5.76. The molecular formula is C26H37N3O7S. The Bertz CT molecular complexity index is 1170. The fraction of sp³-hybridized carbons (Fsp3) is 0.462. The number of nitrogens with zero attached hydrogens (tertiary/aromatic N) is 2. The minimum atomic E-state index is -3.92. The first kappa shape index (κ1) is 29.8. The van der Waals surface area contributed by atoms with E-state index in [1.165, 1.54) is 25.2 Å². The minimum absolute atomic E-state index is 0.0843. The molecule has 2 aromatic carbocycles. The van der Waals surface area contributed by atoms with Crippen molar-refractivity contribution in [3.05, 3.63) is 48.0 Å². The van der Waals surface area contributed by atoms with Crippen LogP contribution in [-0.4, -0.2) is 71.8 Å². The summed E-state index contributed by atoms with van der Waals surface area (Å²) in [4.78, 5) is 28.2. The number of anilines is 1. The van der Waals surface area contributed by atoms with Crippen LogP contribution in [0.2, 0.25) is 0 Å². The molecular weight excluding hydrogens is 498 g/mol. The van der Waals surface area contributed by atoms with E-state index in [2.05, 4.69) is 5.32 Å². The van der Waals surface area contributed by atoms with E-state index in [-0.39, 0.29) is 23.9 Å². The summed E-state index contributed by atoms with van der Waals surface area (Å²) in [5.41, 5.74) is 0.891. The molecule has 0 aliphatic heterocycles. The molecule has 0 aliphatic rings. The SMILES string of the molecule is CCCNC(=O)C(CC)N(Cc1cccc(OC)c1)C(=O)CN(c1cc(OC)ccc1OC)S(C)(=O)=O. The number of methoxy groups -OCH3 is 3. The van der Waals surface area contributed by atoms with Crippen LogP contribution >= 0.6 is 0 Å². The Labute approximate surface area is 219 Å². The fourth-order valence-corrected chi connectivity index (χ4v) is 4.68. The molecule has 0 aromatic heterocycles. The molecule has 2 aromatic rings. The molecule has 0 heterocycles. The van der Waals surface area contributed by atoms with Gasteiger partial charge in [-0.25, -0.2) is 8.42 Å². The lowest BCUT2D eigenvalue weighted by Crippen LogP contribution is -2.52. The minimum Gasteiger partial charge on any atom is -0.497 e. The average Bonchev–Trinajstić information content (AvgIpc) is 2.89. The number of nitrogens with one attached hydrogen (secondary N) is 1. The Balaban J connectivity index is 2.53. The van der Waals surface area contributed by atoms with Gasteiger partial charge in [0.1, 0.15) is 29.8 Å². The Morgan fingerprint density at radius 3 is 2.22 bits per heavy atom. The van der Waals surface area contributed by atoms with E-state index >= 15 is 0 Å². The molecule has 2 amide bonds. The summed E-state index contributed by atoms with van der Waals surface area (Å²) >= 11 is 0. The normalized spacial score (nSPS) is 11.8. The first-order valence-corrected chi connectivity index (χ1v) is 13.8. The van der Waals surface area contributed by atoms with Crippen molar-refractivity contribution in [3.63, 3.8) is 0 Å². The average molecular weight is 536 g/mol. The molecule has 1 atom stereocenters. The zero-order valence-corrected chi connectivity index (χ0v) is 23.1. The van der Waals surface area contributed by atoms with Gasteiger partial charge in [0.15, 0.2) is 0 Å². The van der Waals surface area contributed by atoms with Gasteiger partial charge in [0, 0.05) is 19.2 Å². The quantitative estimate of drug-likeness (QED) is 0.396. The number of rotatable bonds is 14. The molecule has 204 valence electrons. The van der Waals surface area contributed by atoms with Gasteiger partial charge >= 0.3 is 0 Å². The third-order valence-corrected chi connectivity index (χ3v) is 6.88. The van der Waals surface area contributed by atoms with Gasteiger partial charge in [-0.1, -0.05) is 26.0 Å². The van der Waals surface area contributed by atoms with Crippen LogP contribution in [0.25, 0.3) is 0 Å². The van der Waals surface area contributed by atoms with Crippen molar-refractivity contribution in [1.82, 2.24) is 10.2 Å². The summed E-state index contributed by atoms with van der Waals surface area (Å²) in [6.45, 7) is 3.76. The number of amides is 2. The molecule has 10 nitrogen and oxygen atoms in total. The Morgan fingerprint density at radius 2 is 1.65 bits per heavy atom. The molecule has 2 rings (SSSR count). The van der Waals surface area contributed by atoms with Crippen molar-refractivity contribution in [1.29, 1.82) is 0 Å². The summed E-state index contributed by atoms with van der Waals surface area (Å²) in [5, 5.41) is 2.85. The number of carbonyl (C=O) groups excluding carboxylic acids is 2. The first-order valence-electron chi connectivity index (χ1n) is 12.0. The van der Waals surface area contributed by atoms with Gasteiger partial charge in [0.2, 0.25) is 21.8 Å². The van der Waals surface area contributed by atoms with Crippen LogP contribution in [0.1, 0.15) is 32.3 Å². The monoisotopic (exact) mass is 535 g/mol. The summed E-state index contributed by atoms with van der Waals surface area (Å²) < 4.78 is 42.6. The number of sulfonamides is 1. The molecule has 0 spiro atoms. The van der Waals surface area contributed by atoms with Gasteiger partial charge in [0.25, 0.3) is 0 Å². The van der Waals surface area contributed by atoms with Crippen LogP contribution in [-0.2, 0) is 26.2 Å². The predicted molar refractivity (Wildman–Crippen MR) is 143 cm³/mol. The van der Waals surface area contributed by atoms with Crippen LogP contribution in [0.15, 0.2) is 42.5 Å². The largest absolute Gasteiger partial charge is 0.497 e. The smallest absolute Gasteiger partial charge is 0.244 e. The van der Waals surface area contributed by atoms with Crippen molar-refractivity contribution in [2.75, 3.05) is 45.0 Å². The Hall–Kier alpha value is -3.47. The number of hydrogen-bond donors (Lipinski definition) is 1. The van der Waals surface area contributed by atoms with Crippen molar-refractivity contribution < 1.29 is 32.2 Å². The molecule has 11 heteroatoms. The van der Waals surface area contributed by atoms with Gasteiger partial charge in [-0.15, -0.1) is 0 Å². The topological polar surface area (TPSA) is 114 Å². The van der Waals surface area contributed by atoms with E-state index in [9.17, 15) is 18.0 Å². The predicted octanol–water partition coefficient (Wildman–Crippen LogP) is 2.81. The third kappa shape index (κ3) is 8.01. The maximum atomic E-state index is 13.8. The van der Waals surface area contributed by atoms with Crippen LogP contribution in [0, 0.1) is 0 Å². The number of benzene rings is 2. The van der Waals surface area contributed by atoms with Crippen LogP contribution in [0.3, 0.4) is 0 Å². The van der Waals surface area contributed by atoms with E-state index < -0.39 is 28.5 Å². The van der Waals surface area contributed by atoms with Crippen molar-refractivity contribution in [3.8, 4) is 17.2 Å². The van der Waals surface area contributed by atoms with Crippen molar-refractivity contribution >= 4 is 27.5 Å². The number of ether oxygens (including phenoxy) is 3. The number of hydrogen-bond acceptors (Lipinski definition) is 7. The van der Waals surface area contributed by atoms with E-state index in [1.54, 1.807) is 37.4 Å². The van der Waals surface area contributed by atoms with E-state index in [0.717, 1.165) is 22.5 Å². The highest BCUT2D eigenvalue weighted by atomic mass is 32.2. The second-order valence-corrected chi connectivity index (χ2v) is 10.3. The highest BCUT2D eigenvalue weighted by molar-refractivity contribution is 7.92. The zero-order valence-electron chi connectivity index (χ0n) is 22.3. The molecule has 0 aliphatic carbocycles. The van der Waals surface area contributed by atoms with Gasteiger partial charge in [-0.05, 0) is 42.7 Å². The lowest BCUT2D eigenvalue weighted by Gasteiger charge is -2.33. The van der Waals surface area contributed by atoms with Crippen molar-refractivity contribution in [2.45, 2.75) is 39.3 Å². The summed E-state index contributed by atoms with van der Waals surface area (Å²) in [5.74, 6) is 0.413. The molecule has 0 saturated carbocycles. The summed E-state index contributed by atoms with van der Waals surface area (Å²) in [7, 11) is 0.485. The highest BCUT2D eigenvalue weighted by Gasteiger charge is 2.32. The Kier molecular flexibility index (Phi) is 11.0. The molecule has 0 saturated heterocycles. The lowest BCUT2D eigenvalue weighted by molar-refractivity contribution is -0.140. The zero-order chi connectivity index (χ0) is 27.6. The highest BCUT2D eigenvalue weighted by Crippen LogP contribution is 2.34. The maximum absolute atomic E-state index is 13.8. The molecule has 1 N–H and O–H groups in total. The van der Waals surface area contributed by atoms with Crippen LogP contribution in [0.4, 0.5) is 5.69 Å². The standard InChI is InChI=1S/C26H37N3O7S/c1-7-14-27-26(31)22(8-2)28(17-19-10-9-11-20(15-19)34-3)25(30)18-29(37(6,32)33)23-16-21(35-4)12-13-24(23)36-5/h9-13,15-16,22H,7-8,14,17-18H2,1-6H3,(H,27,31). The second-order valence-electron chi connectivity index (χ2n) is 8.40. The molecule has 0 fully saturated rings. The van der Waals surface area contributed by atoms with Crippen LogP contribution in [0.5, 0.6) is 17.2 Å². The fourth-order valence-electron chi connectivity index (χ4n) is 3.84. The molecule has 37 heavy (non-hydrogen) atoms. The summed E-state index contributed by atoms with van der Waals surface area (Å²) in [6.07, 6.45) is 2.09. The first-order chi connectivity index (χ1) is 17.6. The Morgan fingerprint density at radius 1 is 0.973 bits per heavy atom. The van der Waals surface area contributed by atoms with E-state index in [0.29, 0.717) is 24.5 Å². The lowest BCUT2D eigenvalue weighted by atomic mass is 10.1. The van der Waals surface area contributed by atoms with Gasteiger partial charge in [-0.3, -0.25) is 13.9 Å². The van der Waals surface area contributed by atoms with Crippen molar-refractivity contribution in [2.24, 2.45) is 0 Å². The van der Waals surface area contributed by atoms with Crippen LogP contribution < -0.4 is 23.8 Å². The maximum Gasteiger partial charge on any atom is 0.244 e. The second kappa shape index (κ2) is 13.7. The van der Waals surface area contributed by atoms with Gasteiger partial charge in [-0.2, -0.15) is 0 Å². The number of carbonyl (C=O) groups is 2. The molecule has 0 bridgehead atoms. The van der Waals surface area contributed by atoms with Gasteiger partial charge in [0.05, 0.1) is 33.3 Å². The van der Waals surface area contributed by atoms with E-state index in [1.807, 2.05) is 19.9 Å². The van der Waals surface area contributed by atoms with E-state index in [4.69, 9.17) is 14.2 Å². The van der Waals surface area contributed by atoms with Gasteiger partial charge < -0.3 is 24.4 Å². The molecule has 0 radical (unpaired) electrons. The summed E-state index contributed by atoms with van der Waals surface area (Å²) in [6, 6.07) is 11.0. The molecule has 1 unspecified atom stereocenters.